The van der Waals surface area contributed by atoms with Crippen molar-refractivity contribution in [1.82, 2.24) is 5.32 Å². The van der Waals surface area contributed by atoms with E-state index >= 15 is 0 Å². The maximum absolute atomic E-state index is 12.2. The number of carbonyl (C=O) groups excluding carboxylic acids is 1. The predicted octanol–water partition coefficient (Wildman–Crippen LogP) is 1.35. The van der Waals surface area contributed by atoms with E-state index < -0.39 is 23.4 Å². The fourth-order valence-electron chi connectivity index (χ4n) is 2.29. The lowest BCUT2D eigenvalue weighted by Crippen LogP contribution is -2.29. The third-order valence-corrected chi connectivity index (χ3v) is 3.10. The Morgan fingerprint density at radius 2 is 1.95 bits per heavy atom. The van der Waals surface area contributed by atoms with Gasteiger partial charge in [0.2, 0.25) is 0 Å². The number of amides is 1. The molecule has 1 aromatic carbocycles. The Bertz CT molecular complexity index is 612. The molecule has 8 heteroatoms. The van der Waals surface area contributed by atoms with Crippen LogP contribution >= 0.6 is 0 Å². The summed E-state index contributed by atoms with van der Waals surface area (Å²) in [6.45, 7) is 4.59. The fourth-order valence-corrected chi connectivity index (χ4v) is 2.29. The fraction of sp³-hybridized carbons (Fsp3) is 0.429. The highest BCUT2D eigenvalue weighted by Crippen LogP contribution is 2.28. The van der Waals surface area contributed by atoms with Crippen LogP contribution in [0.25, 0.3) is 0 Å². The first-order valence-electron chi connectivity index (χ1n) is 6.58. The van der Waals surface area contributed by atoms with Gasteiger partial charge in [-0.3, -0.25) is 14.9 Å². The van der Waals surface area contributed by atoms with Crippen molar-refractivity contribution in [2.24, 2.45) is 0 Å². The van der Waals surface area contributed by atoms with Crippen molar-refractivity contribution < 1.29 is 24.4 Å². The molecule has 1 rings (SSSR count). The lowest BCUT2D eigenvalue weighted by Gasteiger charge is -2.12. The van der Waals surface area contributed by atoms with Gasteiger partial charge in [0, 0.05) is 17.7 Å². The Morgan fingerprint density at radius 1 is 1.32 bits per heavy atom. The van der Waals surface area contributed by atoms with Gasteiger partial charge in [-0.15, -0.1) is 0 Å². The van der Waals surface area contributed by atoms with Crippen molar-refractivity contribution >= 4 is 17.6 Å². The largest absolute Gasteiger partial charge is 0.480 e. The van der Waals surface area contributed by atoms with Crippen LogP contribution in [0.2, 0.25) is 0 Å². The normalized spacial score (nSPS) is 10.3. The molecule has 0 spiro atoms. The van der Waals surface area contributed by atoms with Crippen LogP contribution in [0.5, 0.6) is 0 Å². The molecule has 120 valence electrons. The summed E-state index contributed by atoms with van der Waals surface area (Å²) in [6, 6.07) is 1.60. The number of nitrogens with one attached hydrogen (secondary N) is 1. The Hall–Kier alpha value is -2.48. The van der Waals surface area contributed by atoms with Gasteiger partial charge >= 0.3 is 5.97 Å². The molecule has 0 aromatic heterocycles. The third-order valence-electron chi connectivity index (χ3n) is 3.10. The van der Waals surface area contributed by atoms with Crippen LogP contribution in [0.4, 0.5) is 5.69 Å². The number of carboxylic acids is 1. The lowest BCUT2D eigenvalue weighted by atomic mass is 9.97. The number of hydrogen-bond donors (Lipinski definition) is 2. The molecule has 1 amide bonds. The molecule has 0 aliphatic heterocycles. The first-order chi connectivity index (χ1) is 10.3. The molecular formula is C14H18N2O6. The summed E-state index contributed by atoms with van der Waals surface area (Å²) in [5, 5.41) is 22.1. The molecule has 0 aliphatic rings. The van der Waals surface area contributed by atoms with E-state index in [4.69, 9.17) is 9.84 Å². The second-order valence-electron chi connectivity index (χ2n) is 4.82. The second kappa shape index (κ2) is 7.51. The summed E-state index contributed by atoms with van der Waals surface area (Å²) in [4.78, 5) is 33.0. The summed E-state index contributed by atoms with van der Waals surface area (Å²) in [6.07, 6.45) is 0. The summed E-state index contributed by atoms with van der Waals surface area (Å²) >= 11 is 0. The number of nitro benzene ring substituents is 1. The first kappa shape index (κ1) is 17.6. The minimum absolute atomic E-state index is 0.0457. The van der Waals surface area contributed by atoms with Crippen molar-refractivity contribution in [3.63, 3.8) is 0 Å². The molecule has 0 heterocycles. The first-order valence-corrected chi connectivity index (χ1v) is 6.58. The third kappa shape index (κ3) is 4.26. The molecule has 0 atom stereocenters. The average Bonchev–Trinajstić information content (AvgIpc) is 2.36. The SMILES string of the molecule is Cc1cc(C)c([N+](=O)[O-])c(C)c1C(=O)NCCOCC(=O)O. The Kier molecular flexibility index (Phi) is 6.00. The maximum atomic E-state index is 12.2. The number of hydrogen-bond acceptors (Lipinski definition) is 5. The minimum atomic E-state index is -1.09. The van der Waals surface area contributed by atoms with E-state index in [9.17, 15) is 19.7 Å². The van der Waals surface area contributed by atoms with Gasteiger partial charge in [-0.1, -0.05) is 0 Å². The van der Waals surface area contributed by atoms with Crippen LogP contribution in [0.15, 0.2) is 6.07 Å². The highest BCUT2D eigenvalue weighted by molar-refractivity contribution is 5.98. The van der Waals surface area contributed by atoms with Gasteiger partial charge in [-0.05, 0) is 32.4 Å². The zero-order valence-corrected chi connectivity index (χ0v) is 12.6. The standard InChI is InChI=1S/C14H18N2O6/c1-8-6-9(2)13(16(20)21)10(3)12(8)14(19)15-4-5-22-7-11(17)18/h6H,4-5,7H2,1-3H3,(H,15,19)(H,17,18). The minimum Gasteiger partial charge on any atom is -0.480 e. The van der Waals surface area contributed by atoms with E-state index in [0.717, 1.165) is 0 Å². The van der Waals surface area contributed by atoms with E-state index in [0.29, 0.717) is 16.7 Å². The molecular weight excluding hydrogens is 292 g/mol. The van der Waals surface area contributed by atoms with Gasteiger partial charge in [0.25, 0.3) is 11.6 Å². The molecule has 0 fully saturated rings. The zero-order valence-electron chi connectivity index (χ0n) is 12.6. The van der Waals surface area contributed by atoms with Crippen LogP contribution in [-0.2, 0) is 9.53 Å². The average molecular weight is 310 g/mol. The van der Waals surface area contributed by atoms with Crippen molar-refractivity contribution in [1.29, 1.82) is 0 Å². The van der Waals surface area contributed by atoms with E-state index in [-0.39, 0.29) is 24.4 Å². The number of rotatable bonds is 7. The number of aryl methyl sites for hydroxylation is 2. The van der Waals surface area contributed by atoms with E-state index in [1.165, 1.54) is 6.92 Å². The summed E-state index contributed by atoms with van der Waals surface area (Å²) in [5.74, 6) is -1.54. The monoisotopic (exact) mass is 310 g/mol. The van der Waals surface area contributed by atoms with Gasteiger partial charge in [0.1, 0.15) is 6.61 Å². The Balaban J connectivity index is 2.83. The number of nitrogens with zero attached hydrogens (tertiary/aromatic N) is 1. The summed E-state index contributed by atoms with van der Waals surface area (Å²) < 4.78 is 4.80. The highest BCUT2D eigenvalue weighted by atomic mass is 16.6. The maximum Gasteiger partial charge on any atom is 0.329 e. The number of nitro groups is 1. The molecule has 0 aliphatic carbocycles. The summed E-state index contributed by atoms with van der Waals surface area (Å²) in [5.41, 5.74) is 1.64. The van der Waals surface area contributed by atoms with Gasteiger partial charge in [0.05, 0.1) is 17.1 Å². The highest BCUT2D eigenvalue weighted by Gasteiger charge is 2.23. The van der Waals surface area contributed by atoms with E-state index in [1.807, 2.05) is 0 Å². The Morgan fingerprint density at radius 3 is 2.50 bits per heavy atom. The molecule has 0 unspecified atom stereocenters. The van der Waals surface area contributed by atoms with Gasteiger partial charge < -0.3 is 15.2 Å². The number of carbonyl (C=O) groups is 2. The van der Waals surface area contributed by atoms with E-state index in [2.05, 4.69) is 5.32 Å². The van der Waals surface area contributed by atoms with E-state index in [1.54, 1.807) is 19.9 Å². The molecule has 0 radical (unpaired) electrons. The van der Waals surface area contributed by atoms with Crippen LogP contribution < -0.4 is 5.32 Å². The lowest BCUT2D eigenvalue weighted by molar-refractivity contribution is -0.386. The van der Waals surface area contributed by atoms with Gasteiger partial charge in [-0.2, -0.15) is 0 Å². The Labute approximate surface area is 127 Å². The zero-order chi connectivity index (χ0) is 16.9. The van der Waals surface area contributed by atoms with Crippen molar-refractivity contribution in [2.75, 3.05) is 19.8 Å². The topological polar surface area (TPSA) is 119 Å². The number of carboxylic acid groups (broad SMARTS) is 1. The molecule has 0 saturated carbocycles. The van der Waals surface area contributed by atoms with Crippen molar-refractivity contribution in [3.05, 3.63) is 38.4 Å². The second-order valence-corrected chi connectivity index (χ2v) is 4.82. The smallest absolute Gasteiger partial charge is 0.329 e. The van der Waals surface area contributed by atoms with Crippen LogP contribution in [0, 0.1) is 30.9 Å². The quantitative estimate of drug-likeness (QED) is 0.446. The summed E-state index contributed by atoms with van der Waals surface area (Å²) in [7, 11) is 0. The van der Waals surface area contributed by atoms with Gasteiger partial charge in [-0.25, -0.2) is 4.79 Å². The predicted molar refractivity (Wildman–Crippen MR) is 78.1 cm³/mol. The number of aliphatic carboxylic acids is 1. The van der Waals surface area contributed by atoms with Crippen molar-refractivity contribution in [3.8, 4) is 0 Å². The van der Waals surface area contributed by atoms with Crippen LogP contribution in [0.1, 0.15) is 27.0 Å². The van der Waals surface area contributed by atoms with Gasteiger partial charge in [0.15, 0.2) is 0 Å². The molecule has 0 bridgehead atoms. The molecule has 2 N–H and O–H groups in total. The molecule has 22 heavy (non-hydrogen) atoms. The number of ether oxygens (including phenoxy) is 1. The number of benzene rings is 1. The molecule has 8 nitrogen and oxygen atoms in total. The molecule has 1 aromatic rings. The van der Waals surface area contributed by atoms with Crippen LogP contribution in [0.3, 0.4) is 0 Å². The molecule has 0 saturated heterocycles. The van der Waals surface area contributed by atoms with Crippen LogP contribution in [-0.4, -0.2) is 41.7 Å². The van der Waals surface area contributed by atoms with Crippen molar-refractivity contribution in [2.45, 2.75) is 20.8 Å².